The number of carbonyl (C=O) groups excluding carboxylic acids is 1. The molecule has 0 saturated carbocycles. The predicted molar refractivity (Wildman–Crippen MR) is 145 cm³/mol. The number of aromatic nitrogens is 1. The Hall–Kier alpha value is -3.71. The highest BCUT2D eigenvalue weighted by Gasteiger charge is 2.33. The number of carbonyl (C=O) groups is 1. The molecule has 1 aliphatic rings. The standard InChI is InChI=1S/C29H29N3O3S/c1-4-31-18-28(24-7-5-6-8-26(24)31)36-19-29(33)32-27(21-11-15-23(35-3)16-12-21)17-25(30-32)20-9-13-22(34-2)14-10-20/h5-16,18,27H,4,17,19H2,1-3H3/t27-/m0/s1. The van der Waals surface area contributed by atoms with E-state index in [2.05, 4.69) is 29.8 Å². The Morgan fingerprint density at radius 3 is 2.31 bits per heavy atom. The number of hydrogen-bond acceptors (Lipinski definition) is 5. The summed E-state index contributed by atoms with van der Waals surface area (Å²) in [5, 5.41) is 7.65. The van der Waals surface area contributed by atoms with Crippen molar-refractivity contribution in [3.05, 3.63) is 90.1 Å². The lowest BCUT2D eigenvalue weighted by atomic mass is 9.98. The van der Waals surface area contributed by atoms with E-state index in [9.17, 15) is 4.79 Å². The van der Waals surface area contributed by atoms with Crippen molar-refractivity contribution >= 4 is 34.3 Å². The average molecular weight is 500 g/mol. The Kier molecular flexibility index (Phi) is 7.00. The number of ether oxygens (including phenoxy) is 2. The highest BCUT2D eigenvalue weighted by molar-refractivity contribution is 8.00. The summed E-state index contributed by atoms with van der Waals surface area (Å²) >= 11 is 1.57. The van der Waals surface area contributed by atoms with E-state index in [0.717, 1.165) is 39.8 Å². The van der Waals surface area contributed by atoms with Gasteiger partial charge in [0.1, 0.15) is 11.5 Å². The van der Waals surface area contributed by atoms with Crippen molar-refractivity contribution in [3.8, 4) is 11.5 Å². The predicted octanol–water partition coefficient (Wildman–Crippen LogP) is 6.15. The zero-order chi connectivity index (χ0) is 25.1. The summed E-state index contributed by atoms with van der Waals surface area (Å²) in [5.74, 6) is 1.87. The number of nitrogens with zero attached hydrogens (tertiary/aromatic N) is 3. The zero-order valence-electron chi connectivity index (χ0n) is 20.7. The van der Waals surface area contributed by atoms with E-state index in [1.165, 1.54) is 10.9 Å². The van der Waals surface area contributed by atoms with Crippen LogP contribution in [0.15, 0.2) is 89.0 Å². The SMILES string of the molecule is CCn1cc(SCC(=O)N2N=C(c3ccc(OC)cc3)C[C@H]2c2ccc(OC)cc2)c2ccccc21. The summed E-state index contributed by atoms with van der Waals surface area (Å²) in [5.41, 5.74) is 4.10. The molecule has 0 N–H and O–H groups in total. The highest BCUT2D eigenvalue weighted by Crippen LogP contribution is 2.36. The molecule has 0 aliphatic carbocycles. The number of methoxy groups -OCH3 is 2. The van der Waals surface area contributed by atoms with Crippen LogP contribution in [0.1, 0.15) is 30.5 Å². The van der Waals surface area contributed by atoms with Crippen LogP contribution in [0.25, 0.3) is 10.9 Å². The molecule has 4 aromatic rings. The van der Waals surface area contributed by atoms with Crippen molar-refractivity contribution in [2.45, 2.75) is 30.8 Å². The third-order valence-electron chi connectivity index (χ3n) is 6.53. The molecule has 5 rings (SSSR count). The van der Waals surface area contributed by atoms with Crippen molar-refractivity contribution in [2.75, 3.05) is 20.0 Å². The van der Waals surface area contributed by atoms with Gasteiger partial charge in [-0.2, -0.15) is 5.10 Å². The van der Waals surface area contributed by atoms with Gasteiger partial charge in [0.05, 0.1) is 31.7 Å². The minimum absolute atomic E-state index is 0.0161. The normalized spacial score (nSPS) is 15.2. The first-order valence-electron chi connectivity index (χ1n) is 12.0. The molecule has 7 heteroatoms. The van der Waals surface area contributed by atoms with Gasteiger partial charge in [-0.15, -0.1) is 11.8 Å². The maximum Gasteiger partial charge on any atom is 0.253 e. The lowest BCUT2D eigenvalue weighted by Gasteiger charge is -2.22. The average Bonchev–Trinajstić information content (AvgIpc) is 3.54. The van der Waals surface area contributed by atoms with Gasteiger partial charge in [0, 0.05) is 35.0 Å². The van der Waals surface area contributed by atoms with Crippen LogP contribution >= 0.6 is 11.8 Å². The molecule has 2 heterocycles. The number of hydrogen-bond donors (Lipinski definition) is 0. The second-order valence-electron chi connectivity index (χ2n) is 8.59. The van der Waals surface area contributed by atoms with Gasteiger partial charge in [-0.05, 0) is 60.5 Å². The Morgan fingerprint density at radius 1 is 0.972 bits per heavy atom. The molecule has 1 amide bonds. The quantitative estimate of drug-likeness (QED) is 0.273. The first-order valence-corrected chi connectivity index (χ1v) is 13.0. The Labute approximate surface area is 215 Å². The summed E-state index contributed by atoms with van der Waals surface area (Å²) in [7, 11) is 3.30. The summed E-state index contributed by atoms with van der Waals surface area (Å²) < 4.78 is 12.8. The molecule has 0 unspecified atom stereocenters. The monoisotopic (exact) mass is 499 g/mol. The fraction of sp³-hybridized carbons (Fsp3) is 0.241. The summed E-state index contributed by atoms with van der Waals surface area (Å²) in [6.45, 7) is 3.02. The van der Waals surface area contributed by atoms with Crippen LogP contribution in [-0.4, -0.2) is 41.2 Å². The molecule has 184 valence electrons. The van der Waals surface area contributed by atoms with Crippen LogP contribution in [0.3, 0.4) is 0 Å². The topological polar surface area (TPSA) is 56.1 Å². The molecular formula is C29H29N3O3S. The number of para-hydroxylation sites is 1. The summed E-state index contributed by atoms with van der Waals surface area (Å²) in [6.07, 6.45) is 2.78. The van der Waals surface area contributed by atoms with Gasteiger partial charge < -0.3 is 14.0 Å². The summed E-state index contributed by atoms with van der Waals surface area (Å²) in [6, 6.07) is 23.9. The smallest absolute Gasteiger partial charge is 0.253 e. The lowest BCUT2D eigenvalue weighted by Crippen LogP contribution is -2.28. The minimum atomic E-state index is -0.168. The van der Waals surface area contributed by atoms with Crippen molar-refractivity contribution in [2.24, 2.45) is 5.10 Å². The zero-order valence-corrected chi connectivity index (χ0v) is 21.5. The Bertz CT molecular complexity index is 1390. The first-order chi connectivity index (χ1) is 17.6. The first kappa shape index (κ1) is 24.0. The number of rotatable bonds is 8. The molecule has 0 fully saturated rings. The number of benzene rings is 3. The maximum atomic E-state index is 13.6. The van der Waals surface area contributed by atoms with Crippen LogP contribution in [-0.2, 0) is 11.3 Å². The fourth-order valence-electron chi connectivity index (χ4n) is 4.58. The number of thioether (sulfide) groups is 1. The number of aryl methyl sites for hydroxylation is 1. The van der Waals surface area contributed by atoms with Crippen molar-refractivity contribution < 1.29 is 14.3 Å². The second kappa shape index (κ2) is 10.5. The number of fused-ring (bicyclic) bond motifs is 1. The van der Waals surface area contributed by atoms with E-state index in [4.69, 9.17) is 14.6 Å². The van der Waals surface area contributed by atoms with Crippen LogP contribution < -0.4 is 9.47 Å². The van der Waals surface area contributed by atoms with E-state index >= 15 is 0 Å². The molecule has 36 heavy (non-hydrogen) atoms. The third kappa shape index (κ3) is 4.71. The molecule has 0 spiro atoms. The molecule has 0 radical (unpaired) electrons. The van der Waals surface area contributed by atoms with Gasteiger partial charge in [-0.1, -0.05) is 30.3 Å². The van der Waals surface area contributed by atoms with Gasteiger partial charge in [-0.25, -0.2) is 5.01 Å². The van der Waals surface area contributed by atoms with Gasteiger partial charge in [-0.3, -0.25) is 4.79 Å². The minimum Gasteiger partial charge on any atom is -0.497 e. The molecule has 0 saturated heterocycles. The number of amides is 1. The molecule has 3 aromatic carbocycles. The van der Waals surface area contributed by atoms with E-state index in [0.29, 0.717) is 12.2 Å². The van der Waals surface area contributed by atoms with Gasteiger partial charge >= 0.3 is 0 Å². The lowest BCUT2D eigenvalue weighted by molar-refractivity contribution is -0.130. The Morgan fingerprint density at radius 2 is 1.64 bits per heavy atom. The van der Waals surface area contributed by atoms with Crippen LogP contribution in [0, 0.1) is 0 Å². The van der Waals surface area contributed by atoms with Crippen molar-refractivity contribution in [1.29, 1.82) is 0 Å². The van der Waals surface area contributed by atoms with E-state index in [-0.39, 0.29) is 11.9 Å². The molecular weight excluding hydrogens is 470 g/mol. The largest absolute Gasteiger partial charge is 0.497 e. The fourth-order valence-corrected chi connectivity index (χ4v) is 5.52. The third-order valence-corrected chi connectivity index (χ3v) is 7.56. The van der Waals surface area contributed by atoms with E-state index < -0.39 is 0 Å². The molecule has 1 atom stereocenters. The number of hydrazone groups is 1. The van der Waals surface area contributed by atoms with Gasteiger partial charge in [0.25, 0.3) is 5.91 Å². The highest BCUT2D eigenvalue weighted by atomic mass is 32.2. The molecule has 0 bridgehead atoms. The van der Waals surface area contributed by atoms with E-state index in [1.807, 2.05) is 60.7 Å². The van der Waals surface area contributed by atoms with Crippen LogP contribution in [0.5, 0.6) is 11.5 Å². The summed E-state index contributed by atoms with van der Waals surface area (Å²) in [4.78, 5) is 14.7. The van der Waals surface area contributed by atoms with Crippen molar-refractivity contribution in [3.63, 3.8) is 0 Å². The second-order valence-corrected chi connectivity index (χ2v) is 9.61. The molecule has 6 nitrogen and oxygen atoms in total. The van der Waals surface area contributed by atoms with Crippen molar-refractivity contribution in [1.82, 2.24) is 9.58 Å². The Balaban J connectivity index is 1.41. The van der Waals surface area contributed by atoms with Crippen LogP contribution in [0.2, 0.25) is 0 Å². The maximum absolute atomic E-state index is 13.6. The molecule has 1 aliphatic heterocycles. The van der Waals surface area contributed by atoms with Gasteiger partial charge in [0.2, 0.25) is 0 Å². The van der Waals surface area contributed by atoms with Gasteiger partial charge in [0.15, 0.2) is 0 Å². The van der Waals surface area contributed by atoms with Crippen LogP contribution in [0.4, 0.5) is 0 Å². The molecule has 1 aromatic heterocycles. The van der Waals surface area contributed by atoms with E-state index in [1.54, 1.807) is 31.0 Å².